The molecule has 4 nitrogen and oxygen atoms in total. The topological polar surface area (TPSA) is 48.1 Å². The standard InChI is InChI=1S/C24H32O4/c1-20(2)11-22(28-26-13-20)8-9-24-17-5-6-21(3)18(15-10-16(15)19(21)25)14(17)4-7-23(24,12-22)27-24/h5,14-16,18H,4,6-13H2,1-3H3/t14-,15-,16+,18-,21+,22?,23-,24-/m1/s1. The Morgan fingerprint density at radius 2 is 1.93 bits per heavy atom. The molecule has 4 saturated carbocycles. The minimum atomic E-state index is -0.177. The number of ether oxygens (including phenoxy) is 1. The molecule has 6 fully saturated rings. The van der Waals surface area contributed by atoms with Crippen LogP contribution in [0, 0.1) is 34.5 Å². The van der Waals surface area contributed by atoms with Crippen molar-refractivity contribution >= 4 is 5.78 Å². The number of Topliss-reactive ketones (excluding diaryl/α,β-unsaturated/α-hetero) is 1. The average Bonchev–Trinajstić information content (AvgIpc) is 3.50. The Kier molecular flexibility index (Phi) is 2.81. The van der Waals surface area contributed by atoms with E-state index in [0.29, 0.717) is 36.1 Å². The van der Waals surface area contributed by atoms with Gasteiger partial charge in [-0.25, -0.2) is 9.78 Å². The molecule has 7 aliphatic rings. The van der Waals surface area contributed by atoms with Gasteiger partial charge in [0.05, 0.1) is 6.61 Å². The highest BCUT2D eigenvalue weighted by Crippen LogP contribution is 2.76. The second-order valence-corrected chi connectivity index (χ2v) is 12.3. The Morgan fingerprint density at radius 1 is 1.07 bits per heavy atom. The van der Waals surface area contributed by atoms with Crippen LogP contribution < -0.4 is 0 Å². The number of carbonyl (C=O) groups excluding carboxylic acids is 1. The summed E-state index contributed by atoms with van der Waals surface area (Å²) in [5.74, 6) is 2.77. The monoisotopic (exact) mass is 384 g/mol. The maximum atomic E-state index is 12.9. The van der Waals surface area contributed by atoms with E-state index in [1.165, 1.54) is 6.42 Å². The molecule has 2 saturated heterocycles. The summed E-state index contributed by atoms with van der Waals surface area (Å²) >= 11 is 0. The normalized spacial score (nSPS) is 60.1. The van der Waals surface area contributed by atoms with E-state index in [4.69, 9.17) is 14.5 Å². The lowest BCUT2D eigenvalue weighted by molar-refractivity contribution is -0.411. The first-order valence-electron chi connectivity index (χ1n) is 11.5. The Bertz CT molecular complexity index is 830. The summed E-state index contributed by atoms with van der Waals surface area (Å²) in [6.45, 7) is 7.51. The third-order valence-corrected chi connectivity index (χ3v) is 9.93. The summed E-state index contributed by atoms with van der Waals surface area (Å²) in [5, 5.41) is 0. The van der Waals surface area contributed by atoms with E-state index in [0.717, 1.165) is 44.9 Å². The van der Waals surface area contributed by atoms with Gasteiger partial charge in [0.1, 0.15) is 22.6 Å². The van der Waals surface area contributed by atoms with Crippen molar-refractivity contribution in [3.8, 4) is 0 Å². The summed E-state index contributed by atoms with van der Waals surface area (Å²) < 4.78 is 6.75. The number of ketones is 1. The highest BCUT2D eigenvalue weighted by atomic mass is 17.2. The van der Waals surface area contributed by atoms with Gasteiger partial charge in [0.2, 0.25) is 0 Å². The molecule has 1 unspecified atom stereocenters. The Hall–Kier alpha value is -0.710. The zero-order chi connectivity index (χ0) is 19.2. The number of epoxide rings is 1. The van der Waals surface area contributed by atoms with Crippen molar-refractivity contribution in [2.24, 2.45) is 34.5 Å². The van der Waals surface area contributed by atoms with Gasteiger partial charge in [0.25, 0.3) is 0 Å². The first kappa shape index (κ1) is 17.0. The summed E-state index contributed by atoms with van der Waals surface area (Å²) in [5.41, 5.74) is 1.38. The predicted octanol–water partition coefficient (Wildman–Crippen LogP) is 4.38. The molecule has 0 N–H and O–H groups in total. The quantitative estimate of drug-likeness (QED) is 0.353. The van der Waals surface area contributed by atoms with Gasteiger partial charge in [-0.05, 0) is 73.7 Å². The highest BCUT2D eigenvalue weighted by Gasteiger charge is 2.80. The molecule has 152 valence electrons. The molecular formula is C24H32O4. The van der Waals surface area contributed by atoms with Crippen LogP contribution in [0.4, 0.5) is 0 Å². The van der Waals surface area contributed by atoms with E-state index in [1.54, 1.807) is 5.57 Å². The molecule has 7 rings (SSSR count). The van der Waals surface area contributed by atoms with E-state index in [9.17, 15) is 4.79 Å². The molecule has 28 heavy (non-hydrogen) atoms. The maximum Gasteiger partial charge on any atom is 0.142 e. The second-order valence-electron chi connectivity index (χ2n) is 12.3. The average molecular weight is 385 g/mol. The van der Waals surface area contributed by atoms with E-state index < -0.39 is 0 Å². The van der Waals surface area contributed by atoms with Crippen LogP contribution in [0.1, 0.15) is 72.1 Å². The van der Waals surface area contributed by atoms with E-state index >= 15 is 0 Å². The number of hydrogen-bond acceptors (Lipinski definition) is 4. The van der Waals surface area contributed by atoms with Crippen molar-refractivity contribution in [2.45, 2.75) is 88.9 Å². The lowest BCUT2D eigenvalue weighted by atomic mass is 9.52. The van der Waals surface area contributed by atoms with Crippen molar-refractivity contribution in [1.82, 2.24) is 0 Å². The third kappa shape index (κ3) is 1.79. The molecular weight excluding hydrogens is 352 g/mol. The van der Waals surface area contributed by atoms with Crippen LogP contribution in [0.3, 0.4) is 0 Å². The molecule has 5 aliphatic carbocycles. The van der Waals surface area contributed by atoms with Gasteiger partial charge in [0, 0.05) is 17.8 Å². The molecule has 0 aromatic heterocycles. The zero-order valence-electron chi connectivity index (χ0n) is 17.4. The summed E-state index contributed by atoms with van der Waals surface area (Å²) in [6.07, 6.45) is 11.0. The fraction of sp³-hybridized carbons (Fsp3) is 0.875. The Morgan fingerprint density at radius 3 is 2.75 bits per heavy atom. The second kappa shape index (κ2) is 4.63. The van der Waals surface area contributed by atoms with Crippen molar-refractivity contribution in [3.63, 3.8) is 0 Å². The number of rotatable bonds is 0. The molecule has 0 aromatic rings. The molecule has 4 heteroatoms. The van der Waals surface area contributed by atoms with Crippen molar-refractivity contribution < 1.29 is 19.3 Å². The van der Waals surface area contributed by atoms with Gasteiger partial charge >= 0.3 is 0 Å². The first-order chi connectivity index (χ1) is 13.2. The summed E-state index contributed by atoms with van der Waals surface area (Å²) in [4.78, 5) is 24.5. The number of fused-ring (bicyclic) bond motifs is 5. The van der Waals surface area contributed by atoms with Crippen LogP contribution in [0.5, 0.6) is 0 Å². The van der Waals surface area contributed by atoms with Gasteiger partial charge in [0.15, 0.2) is 0 Å². The van der Waals surface area contributed by atoms with E-state index in [2.05, 4.69) is 26.8 Å². The van der Waals surface area contributed by atoms with Crippen molar-refractivity contribution in [3.05, 3.63) is 11.6 Å². The Balaban J connectivity index is 1.23. The molecule has 2 heterocycles. The summed E-state index contributed by atoms with van der Waals surface area (Å²) in [6, 6.07) is 0. The van der Waals surface area contributed by atoms with Crippen LogP contribution in [0.15, 0.2) is 11.6 Å². The fourth-order valence-electron chi connectivity index (χ4n) is 8.88. The summed E-state index contributed by atoms with van der Waals surface area (Å²) in [7, 11) is 0. The van der Waals surface area contributed by atoms with Gasteiger partial charge in [-0.3, -0.25) is 4.79 Å². The molecule has 0 aromatic carbocycles. The lowest BCUT2D eigenvalue weighted by Crippen LogP contribution is -2.55. The number of carbonyl (C=O) groups is 1. The smallest absolute Gasteiger partial charge is 0.142 e. The van der Waals surface area contributed by atoms with Crippen molar-refractivity contribution in [2.75, 3.05) is 6.61 Å². The highest BCUT2D eigenvalue weighted by molar-refractivity contribution is 5.93. The predicted molar refractivity (Wildman–Crippen MR) is 102 cm³/mol. The van der Waals surface area contributed by atoms with Crippen LogP contribution >= 0.6 is 0 Å². The van der Waals surface area contributed by atoms with Gasteiger partial charge in [-0.15, -0.1) is 0 Å². The molecule has 8 atom stereocenters. The largest absolute Gasteiger partial charge is 0.358 e. The SMILES string of the molecule is CC1(C)COOC2(CC[C@]34O[C@]3(CC[C@@H]3C4=CC[C@]4(C)C(=O)[C@H]5C[C@H]5[C@@H]34)C2)C1. The van der Waals surface area contributed by atoms with E-state index in [-0.39, 0.29) is 27.6 Å². The van der Waals surface area contributed by atoms with Gasteiger partial charge < -0.3 is 4.74 Å². The van der Waals surface area contributed by atoms with Crippen LogP contribution in [0.2, 0.25) is 0 Å². The number of allylic oxidation sites excluding steroid dienone is 1. The van der Waals surface area contributed by atoms with Gasteiger partial charge in [-0.2, -0.15) is 0 Å². The molecule has 0 amide bonds. The lowest BCUT2D eigenvalue weighted by Gasteiger charge is -2.52. The number of hydrogen-bond donors (Lipinski definition) is 0. The molecule has 2 aliphatic heterocycles. The van der Waals surface area contributed by atoms with E-state index in [1.807, 2.05) is 0 Å². The molecule has 0 bridgehead atoms. The van der Waals surface area contributed by atoms with Gasteiger partial charge in [-0.1, -0.05) is 26.8 Å². The maximum absolute atomic E-state index is 12.9. The van der Waals surface area contributed by atoms with Crippen molar-refractivity contribution in [1.29, 1.82) is 0 Å². The van der Waals surface area contributed by atoms with Crippen LogP contribution in [-0.2, 0) is 19.3 Å². The van der Waals surface area contributed by atoms with Crippen LogP contribution in [-0.4, -0.2) is 29.2 Å². The Labute approximate surface area is 167 Å². The minimum Gasteiger partial charge on any atom is -0.358 e. The third-order valence-electron chi connectivity index (χ3n) is 9.93. The first-order valence-corrected chi connectivity index (χ1v) is 11.5. The van der Waals surface area contributed by atoms with Crippen LogP contribution in [0.25, 0.3) is 0 Å². The minimum absolute atomic E-state index is 0.0380. The molecule has 0 radical (unpaired) electrons. The zero-order valence-corrected chi connectivity index (χ0v) is 17.4. The molecule has 1 spiro atoms. The fourth-order valence-corrected chi connectivity index (χ4v) is 8.88.